The summed E-state index contributed by atoms with van der Waals surface area (Å²) in [6, 6.07) is 21.6. The van der Waals surface area contributed by atoms with E-state index in [2.05, 4.69) is 65.7 Å². The van der Waals surface area contributed by atoms with Gasteiger partial charge in [0.25, 0.3) is 0 Å². The molecule has 0 saturated carbocycles. The van der Waals surface area contributed by atoms with Crippen LogP contribution in [-0.2, 0) is 22.3 Å². The third-order valence-electron chi connectivity index (χ3n) is 5.63. The molecule has 0 aliphatic carbocycles. The first kappa shape index (κ1) is 18.2. The van der Waals surface area contributed by atoms with E-state index in [9.17, 15) is 0 Å². The molecule has 2 aliphatic heterocycles. The van der Waals surface area contributed by atoms with Crippen molar-refractivity contribution < 1.29 is 9.47 Å². The molecule has 0 bridgehead atoms. The van der Waals surface area contributed by atoms with Crippen molar-refractivity contribution in [1.82, 2.24) is 5.01 Å². The summed E-state index contributed by atoms with van der Waals surface area (Å²) in [7, 11) is 1.77. The summed E-state index contributed by atoms with van der Waals surface area (Å²) >= 11 is 0. The van der Waals surface area contributed by atoms with Gasteiger partial charge in [0, 0.05) is 26.5 Å². The summed E-state index contributed by atoms with van der Waals surface area (Å²) in [5.41, 5.74) is 3.40. The van der Waals surface area contributed by atoms with E-state index in [1.165, 1.54) is 23.3 Å². The maximum Gasteiger partial charge on any atom is 0.119 e. The van der Waals surface area contributed by atoms with Gasteiger partial charge in [0.05, 0.1) is 25.0 Å². The predicted molar refractivity (Wildman–Crippen MR) is 108 cm³/mol. The van der Waals surface area contributed by atoms with Crippen molar-refractivity contribution in [1.29, 1.82) is 0 Å². The van der Waals surface area contributed by atoms with Crippen LogP contribution in [0.1, 0.15) is 24.0 Å². The molecule has 27 heavy (non-hydrogen) atoms. The highest BCUT2D eigenvalue weighted by molar-refractivity contribution is 5.98. The van der Waals surface area contributed by atoms with Gasteiger partial charge < -0.3 is 9.47 Å². The molecule has 1 atom stereocenters. The van der Waals surface area contributed by atoms with Gasteiger partial charge in [-0.15, -0.1) is 0 Å². The van der Waals surface area contributed by atoms with Gasteiger partial charge in [0.15, 0.2) is 0 Å². The van der Waals surface area contributed by atoms with Gasteiger partial charge in [0.1, 0.15) is 5.60 Å². The zero-order chi connectivity index (χ0) is 18.5. The summed E-state index contributed by atoms with van der Waals surface area (Å²) in [5, 5.41) is 7.30. The van der Waals surface area contributed by atoms with Gasteiger partial charge in [-0.2, -0.15) is 5.10 Å². The first-order valence-corrected chi connectivity index (χ1v) is 9.84. The molecule has 0 amide bonds. The van der Waals surface area contributed by atoms with E-state index in [1.807, 2.05) is 0 Å². The average Bonchev–Trinajstić information content (AvgIpc) is 3.14. The molecular formula is C23H28N2O2. The molecule has 2 aliphatic rings. The van der Waals surface area contributed by atoms with Crippen LogP contribution >= 0.6 is 0 Å². The summed E-state index contributed by atoms with van der Waals surface area (Å²) in [4.78, 5) is 0. The molecule has 0 radical (unpaired) electrons. The molecule has 4 nitrogen and oxygen atoms in total. The van der Waals surface area contributed by atoms with Gasteiger partial charge in [-0.25, -0.2) is 0 Å². The smallest absolute Gasteiger partial charge is 0.119 e. The number of hydrazone groups is 1. The fourth-order valence-corrected chi connectivity index (χ4v) is 4.15. The lowest BCUT2D eigenvalue weighted by Gasteiger charge is -2.44. The lowest BCUT2D eigenvalue weighted by molar-refractivity contribution is -0.0286. The van der Waals surface area contributed by atoms with E-state index in [1.54, 1.807) is 7.11 Å². The fraction of sp³-hybridized carbons (Fsp3) is 0.435. The molecule has 4 heteroatoms. The van der Waals surface area contributed by atoms with Crippen LogP contribution in [-0.4, -0.2) is 49.2 Å². The second kappa shape index (κ2) is 8.24. The van der Waals surface area contributed by atoms with Crippen LogP contribution in [0.5, 0.6) is 0 Å². The van der Waals surface area contributed by atoms with Crippen molar-refractivity contribution in [2.24, 2.45) is 5.10 Å². The van der Waals surface area contributed by atoms with Crippen molar-refractivity contribution in [3.8, 4) is 0 Å². The molecule has 142 valence electrons. The lowest BCUT2D eigenvalue weighted by atomic mass is 9.80. The summed E-state index contributed by atoms with van der Waals surface area (Å²) in [6.45, 7) is 2.36. The minimum atomic E-state index is -0.344. The number of hydrogen-bond donors (Lipinski definition) is 0. The standard InChI is InChI=1S/C23H28N2O2/c1-26-17-21-13-8-14-25(21)24-22-18-27-23(22,15-19-9-4-2-5-10-19)16-20-11-6-3-7-12-20/h2-7,9-12,21H,8,13-18H2,1H3/b24-22+/t21-/m0/s1. The monoisotopic (exact) mass is 364 g/mol. The molecule has 0 N–H and O–H groups in total. The number of benzene rings is 2. The average molecular weight is 364 g/mol. The lowest BCUT2D eigenvalue weighted by Crippen LogP contribution is -2.58. The van der Waals surface area contributed by atoms with Gasteiger partial charge in [0.2, 0.25) is 0 Å². The Balaban J connectivity index is 1.60. The van der Waals surface area contributed by atoms with Crippen LogP contribution in [0.25, 0.3) is 0 Å². The second-order valence-corrected chi connectivity index (χ2v) is 7.57. The van der Waals surface area contributed by atoms with Gasteiger partial charge in [-0.1, -0.05) is 60.7 Å². The Kier molecular flexibility index (Phi) is 5.55. The Morgan fingerprint density at radius 3 is 2.19 bits per heavy atom. The summed E-state index contributed by atoms with van der Waals surface area (Å²) < 4.78 is 11.6. The molecule has 2 aromatic carbocycles. The van der Waals surface area contributed by atoms with Crippen molar-refractivity contribution >= 4 is 5.71 Å². The Labute approximate surface area is 161 Å². The van der Waals surface area contributed by atoms with E-state index in [0.29, 0.717) is 12.6 Å². The third kappa shape index (κ3) is 4.07. The third-order valence-corrected chi connectivity index (χ3v) is 5.63. The molecule has 2 saturated heterocycles. The van der Waals surface area contributed by atoms with E-state index in [4.69, 9.17) is 14.6 Å². The maximum atomic E-state index is 6.26. The predicted octanol–water partition coefficient (Wildman–Crippen LogP) is 3.71. The van der Waals surface area contributed by atoms with Crippen molar-refractivity contribution in [2.75, 3.05) is 26.9 Å². The number of hydrogen-bond acceptors (Lipinski definition) is 4. The van der Waals surface area contributed by atoms with E-state index in [0.717, 1.165) is 32.4 Å². The fourth-order valence-electron chi connectivity index (χ4n) is 4.15. The van der Waals surface area contributed by atoms with E-state index in [-0.39, 0.29) is 5.60 Å². The first-order chi connectivity index (χ1) is 13.3. The van der Waals surface area contributed by atoms with E-state index >= 15 is 0 Å². The highest BCUT2D eigenvalue weighted by atomic mass is 16.5. The van der Waals surface area contributed by atoms with Crippen LogP contribution in [0.4, 0.5) is 0 Å². The van der Waals surface area contributed by atoms with Crippen LogP contribution in [0.2, 0.25) is 0 Å². The number of rotatable bonds is 7. The van der Waals surface area contributed by atoms with Crippen LogP contribution in [0.15, 0.2) is 65.8 Å². The normalized spacial score (nSPS) is 22.8. The molecule has 2 aromatic rings. The largest absolute Gasteiger partial charge is 0.382 e. The highest BCUT2D eigenvalue weighted by Gasteiger charge is 2.46. The number of methoxy groups -OCH3 is 1. The van der Waals surface area contributed by atoms with Crippen LogP contribution < -0.4 is 0 Å². The van der Waals surface area contributed by atoms with Gasteiger partial charge >= 0.3 is 0 Å². The second-order valence-electron chi connectivity index (χ2n) is 7.57. The SMILES string of the molecule is COC[C@@H]1CCCN1/N=C1\COC1(Cc1ccccc1)Cc1ccccc1. The Morgan fingerprint density at radius 2 is 1.67 bits per heavy atom. The Morgan fingerprint density at radius 1 is 1.04 bits per heavy atom. The quantitative estimate of drug-likeness (QED) is 0.751. The molecule has 0 spiro atoms. The zero-order valence-corrected chi connectivity index (χ0v) is 16.0. The highest BCUT2D eigenvalue weighted by Crippen LogP contribution is 2.33. The molecule has 0 unspecified atom stereocenters. The minimum Gasteiger partial charge on any atom is -0.382 e. The van der Waals surface area contributed by atoms with Crippen LogP contribution in [0, 0.1) is 0 Å². The Hall–Kier alpha value is -2.17. The summed E-state index contributed by atoms with van der Waals surface area (Å²) in [6.07, 6.45) is 4.03. The topological polar surface area (TPSA) is 34.1 Å². The zero-order valence-electron chi connectivity index (χ0n) is 16.0. The molecule has 4 rings (SSSR count). The van der Waals surface area contributed by atoms with Crippen molar-refractivity contribution in [3.05, 3.63) is 71.8 Å². The van der Waals surface area contributed by atoms with Gasteiger partial charge in [-0.05, 0) is 24.0 Å². The first-order valence-electron chi connectivity index (χ1n) is 9.84. The number of nitrogens with zero attached hydrogens (tertiary/aromatic N) is 2. The van der Waals surface area contributed by atoms with Crippen molar-refractivity contribution in [2.45, 2.75) is 37.3 Å². The minimum absolute atomic E-state index is 0.344. The molecule has 0 aromatic heterocycles. The molecule has 2 fully saturated rings. The number of ether oxygens (including phenoxy) is 2. The molecule has 2 heterocycles. The summed E-state index contributed by atoms with van der Waals surface area (Å²) in [5.74, 6) is 0. The van der Waals surface area contributed by atoms with Crippen molar-refractivity contribution in [3.63, 3.8) is 0 Å². The molecular weight excluding hydrogens is 336 g/mol. The van der Waals surface area contributed by atoms with Gasteiger partial charge in [-0.3, -0.25) is 5.01 Å². The Bertz CT molecular complexity index is 719. The van der Waals surface area contributed by atoms with Crippen LogP contribution in [0.3, 0.4) is 0 Å². The van der Waals surface area contributed by atoms with E-state index < -0.39 is 0 Å². The maximum absolute atomic E-state index is 6.26.